The van der Waals surface area contributed by atoms with Gasteiger partial charge in [-0.2, -0.15) is 0 Å². The van der Waals surface area contributed by atoms with Gasteiger partial charge < -0.3 is 16.2 Å². The number of primary amides is 1. The minimum atomic E-state index is -3.38. The maximum Gasteiger partial charge on any atom is 0.326 e. The Bertz CT molecular complexity index is 665. The fourth-order valence-electron chi connectivity index (χ4n) is 1.50. The third-order valence-corrected chi connectivity index (χ3v) is 3.68. The smallest absolute Gasteiger partial charge is 0.326 e. The van der Waals surface area contributed by atoms with Crippen LogP contribution in [0.25, 0.3) is 0 Å². The van der Waals surface area contributed by atoms with E-state index in [1.165, 1.54) is 24.3 Å². The third-order valence-electron chi connectivity index (χ3n) is 2.55. The van der Waals surface area contributed by atoms with Crippen LogP contribution in [0.2, 0.25) is 0 Å². The number of benzene rings is 1. The predicted octanol–water partition coefficient (Wildman–Crippen LogP) is -0.851. The van der Waals surface area contributed by atoms with Crippen LogP contribution in [0.5, 0.6) is 0 Å². The minimum absolute atomic E-state index is 0.0333. The molecule has 0 heterocycles. The summed E-state index contributed by atoms with van der Waals surface area (Å²) < 4.78 is 22.5. The number of hydrogen-bond donors (Lipinski definition) is 3. The molecule has 0 aromatic heterocycles. The molecule has 0 aliphatic carbocycles. The van der Waals surface area contributed by atoms with Crippen molar-refractivity contribution in [1.29, 1.82) is 0 Å². The van der Waals surface area contributed by atoms with Crippen molar-refractivity contribution in [3.8, 4) is 0 Å². The molecule has 8 nitrogen and oxygen atoms in total. The Morgan fingerprint density at radius 2 is 1.76 bits per heavy atom. The standard InChI is InChI=1S/C12H14N2O6S/c1-21(19,20)8-4-2-7(3-5-8)11(16)14-9(12(17)18)6-10(13)15/h2-5,9H,6H2,1H3,(H2,13,15)(H,14,16)(H,17,18). The monoisotopic (exact) mass is 314 g/mol. The lowest BCUT2D eigenvalue weighted by Gasteiger charge is -2.12. The van der Waals surface area contributed by atoms with Gasteiger partial charge in [-0.3, -0.25) is 9.59 Å². The van der Waals surface area contributed by atoms with Gasteiger partial charge in [0.25, 0.3) is 5.91 Å². The lowest BCUT2D eigenvalue weighted by molar-refractivity contribution is -0.140. The molecule has 0 fully saturated rings. The summed E-state index contributed by atoms with van der Waals surface area (Å²) in [5, 5.41) is 11.0. The van der Waals surface area contributed by atoms with Crippen LogP contribution in [0, 0.1) is 0 Å². The number of amides is 2. The summed E-state index contributed by atoms with van der Waals surface area (Å²) in [6, 6.07) is 3.51. The van der Waals surface area contributed by atoms with Crippen LogP contribution in [0.3, 0.4) is 0 Å². The molecule has 2 amide bonds. The third kappa shape index (κ3) is 4.88. The second kappa shape index (κ2) is 6.35. The Kier molecular flexibility index (Phi) is 5.03. The summed E-state index contributed by atoms with van der Waals surface area (Å²) >= 11 is 0. The second-order valence-corrected chi connectivity index (χ2v) is 6.35. The number of carbonyl (C=O) groups is 3. The van der Waals surface area contributed by atoms with Crippen LogP contribution in [0.15, 0.2) is 29.2 Å². The van der Waals surface area contributed by atoms with Crippen LogP contribution in [-0.2, 0) is 19.4 Å². The molecule has 1 rings (SSSR count). The highest BCUT2D eigenvalue weighted by atomic mass is 32.2. The van der Waals surface area contributed by atoms with Crippen molar-refractivity contribution in [2.24, 2.45) is 5.73 Å². The highest BCUT2D eigenvalue weighted by Gasteiger charge is 2.22. The molecule has 1 unspecified atom stereocenters. The first-order valence-electron chi connectivity index (χ1n) is 5.73. The number of rotatable bonds is 6. The van der Waals surface area contributed by atoms with Crippen LogP contribution >= 0.6 is 0 Å². The Morgan fingerprint density at radius 3 is 2.14 bits per heavy atom. The highest BCUT2D eigenvalue weighted by Crippen LogP contribution is 2.10. The molecule has 0 aliphatic heterocycles. The number of sulfone groups is 1. The molecule has 9 heteroatoms. The zero-order valence-electron chi connectivity index (χ0n) is 11.1. The van der Waals surface area contributed by atoms with Gasteiger partial charge in [-0.15, -0.1) is 0 Å². The Hall–Kier alpha value is -2.42. The van der Waals surface area contributed by atoms with Gasteiger partial charge >= 0.3 is 5.97 Å². The normalized spacial score (nSPS) is 12.4. The average Bonchev–Trinajstić information content (AvgIpc) is 2.36. The van der Waals surface area contributed by atoms with E-state index >= 15 is 0 Å². The summed E-state index contributed by atoms with van der Waals surface area (Å²) in [5.41, 5.74) is 4.96. The molecule has 1 aromatic carbocycles. The van der Waals surface area contributed by atoms with Gasteiger partial charge in [0.15, 0.2) is 9.84 Å². The summed E-state index contributed by atoms with van der Waals surface area (Å²) in [4.78, 5) is 33.5. The maximum absolute atomic E-state index is 11.8. The molecule has 0 bridgehead atoms. The number of carboxylic acids is 1. The van der Waals surface area contributed by atoms with E-state index in [1.807, 2.05) is 0 Å². The Balaban J connectivity index is 2.88. The number of nitrogens with one attached hydrogen (secondary N) is 1. The topological polar surface area (TPSA) is 144 Å². The number of carboxylic acid groups (broad SMARTS) is 1. The van der Waals surface area contributed by atoms with E-state index in [2.05, 4.69) is 5.32 Å². The molecule has 0 saturated carbocycles. The van der Waals surface area contributed by atoms with Crippen LogP contribution in [-0.4, -0.2) is 43.6 Å². The molecule has 114 valence electrons. The van der Waals surface area contributed by atoms with Crippen molar-refractivity contribution in [2.75, 3.05) is 6.26 Å². The van der Waals surface area contributed by atoms with Crippen molar-refractivity contribution in [3.63, 3.8) is 0 Å². The molecule has 1 aromatic rings. The zero-order chi connectivity index (χ0) is 16.2. The molecular formula is C12H14N2O6S. The van der Waals surface area contributed by atoms with E-state index in [0.717, 1.165) is 6.26 Å². The Labute approximate surface area is 120 Å². The zero-order valence-corrected chi connectivity index (χ0v) is 11.9. The van der Waals surface area contributed by atoms with Crippen LogP contribution in [0.1, 0.15) is 16.8 Å². The van der Waals surface area contributed by atoms with E-state index in [-0.39, 0.29) is 10.5 Å². The highest BCUT2D eigenvalue weighted by molar-refractivity contribution is 7.90. The van der Waals surface area contributed by atoms with Crippen molar-refractivity contribution < 1.29 is 27.9 Å². The molecule has 4 N–H and O–H groups in total. The Morgan fingerprint density at radius 1 is 1.24 bits per heavy atom. The summed E-state index contributed by atoms with van der Waals surface area (Å²) in [5.74, 6) is -3.01. The molecule has 1 atom stereocenters. The molecular weight excluding hydrogens is 300 g/mol. The first-order valence-corrected chi connectivity index (χ1v) is 7.62. The fourth-order valence-corrected chi connectivity index (χ4v) is 2.13. The van der Waals surface area contributed by atoms with Crippen LogP contribution in [0.4, 0.5) is 0 Å². The van der Waals surface area contributed by atoms with Crippen molar-refractivity contribution in [3.05, 3.63) is 29.8 Å². The summed E-state index contributed by atoms with van der Waals surface area (Å²) in [7, 11) is -3.38. The van der Waals surface area contributed by atoms with Crippen molar-refractivity contribution in [2.45, 2.75) is 17.4 Å². The average molecular weight is 314 g/mol. The van der Waals surface area contributed by atoms with E-state index in [0.29, 0.717) is 0 Å². The molecule has 0 spiro atoms. The van der Waals surface area contributed by atoms with E-state index < -0.39 is 40.1 Å². The predicted molar refractivity (Wildman–Crippen MR) is 72.3 cm³/mol. The lowest BCUT2D eigenvalue weighted by atomic mass is 10.1. The van der Waals surface area contributed by atoms with Crippen molar-refractivity contribution >= 4 is 27.6 Å². The largest absolute Gasteiger partial charge is 0.480 e. The number of aliphatic carboxylic acids is 1. The molecule has 0 radical (unpaired) electrons. The first kappa shape index (κ1) is 16.6. The number of nitrogens with two attached hydrogens (primary N) is 1. The summed E-state index contributed by atoms with van der Waals surface area (Å²) in [6.45, 7) is 0. The van der Waals surface area contributed by atoms with E-state index in [1.54, 1.807) is 0 Å². The molecule has 0 aliphatic rings. The van der Waals surface area contributed by atoms with E-state index in [9.17, 15) is 22.8 Å². The maximum atomic E-state index is 11.8. The van der Waals surface area contributed by atoms with E-state index in [4.69, 9.17) is 10.8 Å². The van der Waals surface area contributed by atoms with Gasteiger partial charge in [-0.05, 0) is 24.3 Å². The number of carbonyl (C=O) groups excluding carboxylic acids is 2. The summed E-state index contributed by atoms with van der Waals surface area (Å²) in [6.07, 6.45) is 0.484. The van der Waals surface area contributed by atoms with Gasteiger partial charge in [0, 0.05) is 11.8 Å². The van der Waals surface area contributed by atoms with Gasteiger partial charge in [-0.25, -0.2) is 13.2 Å². The lowest BCUT2D eigenvalue weighted by Crippen LogP contribution is -2.43. The van der Waals surface area contributed by atoms with Gasteiger partial charge in [0.05, 0.1) is 11.3 Å². The van der Waals surface area contributed by atoms with Gasteiger partial charge in [0.1, 0.15) is 6.04 Å². The first-order chi connectivity index (χ1) is 9.61. The van der Waals surface area contributed by atoms with Gasteiger partial charge in [0.2, 0.25) is 5.91 Å². The minimum Gasteiger partial charge on any atom is -0.480 e. The second-order valence-electron chi connectivity index (χ2n) is 4.33. The van der Waals surface area contributed by atoms with Crippen molar-refractivity contribution in [1.82, 2.24) is 5.32 Å². The van der Waals surface area contributed by atoms with Gasteiger partial charge in [-0.1, -0.05) is 0 Å². The van der Waals surface area contributed by atoms with Crippen LogP contribution < -0.4 is 11.1 Å². The number of hydrogen-bond acceptors (Lipinski definition) is 5. The SMILES string of the molecule is CS(=O)(=O)c1ccc(C(=O)NC(CC(N)=O)C(=O)O)cc1. The molecule has 0 saturated heterocycles. The molecule has 21 heavy (non-hydrogen) atoms. The fraction of sp³-hybridized carbons (Fsp3) is 0.250. The quantitative estimate of drug-likeness (QED) is 0.624.